The molecular formula is C25H28Cl2F3N7S. The van der Waals surface area contributed by atoms with Gasteiger partial charge in [-0.1, -0.05) is 41.0 Å². The number of aliphatic imine (C=N–C) groups is 1. The Morgan fingerprint density at radius 2 is 1.55 bits per heavy atom. The van der Waals surface area contributed by atoms with Crippen molar-refractivity contribution in [3.05, 3.63) is 68.8 Å². The lowest BCUT2D eigenvalue weighted by molar-refractivity contribution is -0.137. The minimum absolute atomic E-state index is 0.398. The zero-order valence-electron chi connectivity index (χ0n) is 20.8. The molecule has 2 aromatic rings. The zero-order chi connectivity index (χ0) is 27.4. The van der Waals surface area contributed by atoms with Crippen LogP contribution in [0, 0.1) is 0 Å². The number of nitrogens with two attached hydrogens (primary N) is 2. The number of nitrogens with zero attached hydrogens (tertiary/aromatic N) is 5. The molecule has 3 aliphatic rings. The number of anilines is 2. The van der Waals surface area contributed by atoms with Crippen molar-refractivity contribution in [2.24, 2.45) is 16.5 Å². The van der Waals surface area contributed by atoms with Gasteiger partial charge >= 0.3 is 6.18 Å². The number of benzene rings is 2. The largest absolute Gasteiger partial charge is 0.416 e. The number of rotatable bonds is 3. The first kappa shape index (κ1) is 27.4. The van der Waals surface area contributed by atoms with Gasteiger partial charge in [0.25, 0.3) is 0 Å². The second kappa shape index (κ2) is 10.4. The predicted octanol–water partition coefficient (Wildman–Crippen LogP) is 5.16. The van der Waals surface area contributed by atoms with Crippen molar-refractivity contribution in [3.63, 3.8) is 0 Å². The van der Waals surface area contributed by atoms with E-state index < -0.39 is 23.4 Å². The second-order valence-electron chi connectivity index (χ2n) is 9.53. The average Bonchev–Trinajstić information content (AvgIpc) is 3.19. The lowest BCUT2D eigenvalue weighted by Gasteiger charge is -2.45. The molecule has 7 nitrogen and oxygen atoms in total. The fourth-order valence-electron chi connectivity index (χ4n) is 4.93. The Morgan fingerprint density at radius 1 is 0.947 bits per heavy atom. The van der Waals surface area contributed by atoms with Gasteiger partial charge in [-0.2, -0.15) is 13.2 Å². The Labute approximate surface area is 233 Å². The van der Waals surface area contributed by atoms with E-state index in [1.165, 1.54) is 23.9 Å². The molecule has 0 spiro atoms. The molecule has 2 aromatic carbocycles. The molecule has 2 atom stereocenters. The van der Waals surface area contributed by atoms with Gasteiger partial charge in [-0.05, 0) is 50.2 Å². The van der Waals surface area contributed by atoms with Crippen LogP contribution in [0.5, 0.6) is 0 Å². The topological polar surface area (TPSA) is 77.4 Å². The van der Waals surface area contributed by atoms with Crippen LogP contribution >= 0.6 is 35.0 Å². The third-order valence-electron chi connectivity index (χ3n) is 6.92. The van der Waals surface area contributed by atoms with Gasteiger partial charge in [-0.25, -0.2) is 4.99 Å². The summed E-state index contributed by atoms with van der Waals surface area (Å²) in [5, 5.41) is 1.43. The first-order valence-electron chi connectivity index (χ1n) is 12.2. The Balaban J connectivity index is 1.59. The molecule has 1 fully saturated rings. The minimum atomic E-state index is -4.45. The molecule has 204 valence electrons. The molecule has 0 saturated carbocycles. The summed E-state index contributed by atoms with van der Waals surface area (Å²) < 4.78 is 39.9. The van der Waals surface area contributed by atoms with Gasteiger partial charge in [0, 0.05) is 37.9 Å². The van der Waals surface area contributed by atoms with E-state index in [-0.39, 0.29) is 0 Å². The summed E-state index contributed by atoms with van der Waals surface area (Å²) in [5.74, 6) is 0.575. The standard InChI is InChI=1S/C25H28Cl2F3N7S/c1-14(2)34-10-12-35(13-11-34)24-33-22-20(37(23(32)38-22)19-17(26)4-3-5-18(19)27)21(31)36(24)16-8-6-15(7-9-16)25(28,29)30/h3-9,14,21,23H,10-13,31-32H2,1-2H3. The summed E-state index contributed by atoms with van der Waals surface area (Å²) in [4.78, 5) is 13.0. The van der Waals surface area contributed by atoms with E-state index in [1.54, 1.807) is 28.0 Å². The van der Waals surface area contributed by atoms with E-state index in [9.17, 15) is 13.2 Å². The Bertz CT molecular complexity index is 1240. The van der Waals surface area contributed by atoms with Crippen LogP contribution in [-0.2, 0) is 6.18 Å². The van der Waals surface area contributed by atoms with Gasteiger partial charge in [-0.3, -0.25) is 9.80 Å². The molecule has 4 N–H and O–H groups in total. The van der Waals surface area contributed by atoms with Gasteiger partial charge < -0.3 is 21.3 Å². The van der Waals surface area contributed by atoms with Crippen molar-refractivity contribution in [2.75, 3.05) is 36.0 Å². The number of hydrogen-bond donors (Lipinski definition) is 2. The summed E-state index contributed by atoms with van der Waals surface area (Å²) >= 11 is 14.4. The maximum absolute atomic E-state index is 13.3. The highest BCUT2D eigenvalue weighted by Crippen LogP contribution is 2.48. The maximum Gasteiger partial charge on any atom is 0.416 e. The quantitative estimate of drug-likeness (QED) is 0.515. The SMILES string of the molecule is CC(C)N1CCN(C2=NC3=C(C(N)N2c2ccc(C(F)(F)F)cc2)N(c2c(Cl)cccc2Cl)C(N)S3)CC1. The van der Waals surface area contributed by atoms with Gasteiger partial charge in [0.05, 0.1) is 27.0 Å². The van der Waals surface area contributed by atoms with Crippen molar-refractivity contribution in [2.45, 2.75) is 37.7 Å². The molecule has 13 heteroatoms. The van der Waals surface area contributed by atoms with Crippen molar-refractivity contribution in [1.29, 1.82) is 0 Å². The highest BCUT2D eigenvalue weighted by atomic mass is 35.5. The van der Waals surface area contributed by atoms with Crippen LogP contribution < -0.4 is 21.3 Å². The smallest absolute Gasteiger partial charge is 0.340 e. The number of guanidine groups is 1. The monoisotopic (exact) mass is 585 g/mol. The molecule has 5 rings (SSSR count). The van der Waals surface area contributed by atoms with E-state index in [0.717, 1.165) is 25.2 Å². The van der Waals surface area contributed by atoms with E-state index >= 15 is 0 Å². The van der Waals surface area contributed by atoms with Gasteiger partial charge in [-0.15, -0.1) is 0 Å². The third-order valence-corrected chi connectivity index (χ3v) is 8.51. The van der Waals surface area contributed by atoms with Crippen LogP contribution in [0.1, 0.15) is 19.4 Å². The summed E-state index contributed by atoms with van der Waals surface area (Å²) in [5.41, 5.74) is 13.7. The third kappa shape index (κ3) is 4.96. The van der Waals surface area contributed by atoms with Crippen molar-refractivity contribution >= 4 is 52.3 Å². The molecule has 0 amide bonds. The molecule has 38 heavy (non-hydrogen) atoms. The Morgan fingerprint density at radius 3 is 2.11 bits per heavy atom. The normalized spacial score (nSPS) is 22.9. The Kier molecular flexibility index (Phi) is 7.53. The highest BCUT2D eigenvalue weighted by molar-refractivity contribution is 8.04. The molecule has 3 heterocycles. The summed E-state index contributed by atoms with van der Waals surface area (Å²) in [6, 6.07) is 10.5. The van der Waals surface area contributed by atoms with Crippen LogP contribution in [0.25, 0.3) is 0 Å². The van der Waals surface area contributed by atoms with E-state index in [2.05, 4.69) is 23.6 Å². The first-order valence-corrected chi connectivity index (χ1v) is 13.8. The van der Waals surface area contributed by atoms with Gasteiger partial charge in [0.15, 0.2) is 0 Å². The van der Waals surface area contributed by atoms with Crippen LogP contribution in [-0.4, -0.2) is 59.6 Å². The van der Waals surface area contributed by atoms with Crippen molar-refractivity contribution < 1.29 is 13.2 Å². The second-order valence-corrected chi connectivity index (χ2v) is 11.4. The van der Waals surface area contributed by atoms with Crippen molar-refractivity contribution in [1.82, 2.24) is 9.80 Å². The van der Waals surface area contributed by atoms with Crippen molar-refractivity contribution in [3.8, 4) is 0 Å². The number of thioether (sulfide) groups is 1. The molecule has 0 radical (unpaired) electrons. The number of hydrogen-bond acceptors (Lipinski definition) is 8. The number of alkyl halides is 3. The minimum Gasteiger partial charge on any atom is -0.340 e. The fraction of sp³-hybridized carbons (Fsp3) is 0.400. The van der Waals surface area contributed by atoms with E-state index in [4.69, 9.17) is 39.7 Å². The molecule has 0 aromatic heterocycles. The zero-order valence-corrected chi connectivity index (χ0v) is 23.1. The predicted molar refractivity (Wildman–Crippen MR) is 149 cm³/mol. The average molecular weight is 587 g/mol. The van der Waals surface area contributed by atoms with E-state index in [1.807, 2.05) is 0 Å². The number of halogens is 5. The molecular weight excluding hydrogens is 558 g/mol. The van der Waals surface area contributed by atoms with Crippen LogP contribution in [0.2, 0.25) is 10.0 Å². The molecule has 3 aliphatic heterocycles. The number of piperazine rings is 1. The van der Waals surface area contributed by atoms with Crippen LogP contribution in [0.4, 0.5) is 24.5 Å². The van der Waals surface area contributed by atoms with Gasteiger partial charge in [0.2, 0.25) is 5.96 Å². The lowest BCUT2D eigenvalue weighted by Crippen LogP contribution is -2.61. The van der Waals surface area contributed by atoms with E-state index in [0.29, 0.717) is 57.2 Å². The maximum atomic E-state index is 13.3. The Hall–Kier alpha value is -2.15. The molecule has 0 bridgehead atoms. The molecule has 2 unspecified atom stereocenters. The summed E-state index contributed by atoms with van der Waals surface area (Å²) in [7, 11) is 0. The lowest BCUT2D eigenvalue weighted by atomic mass is 10.1. The summed E-state index contributed by atoms with van der Waals surface area (Å²) in [6.07, 6.45) is -5.26. The molecule has 1 saturated heterocycles. The van der Waals surface area contributed by atoms with Gasteiger partial charge in [0.1, 0.15) is 16.7 Å². The molecule has 0 aliphatic carbocycles. The summed E-state index contributed by atoms with van der Waals surface area (Å²) in [6.45, 7) is 7.35. The number of para-hydroxylation sites is 1. The van der Waals surface area contributed by atoms with Crippen LogP contribution in [0.15, 0.2) is 58.2 Å². The highest BCUT2D eigenvalue weighted by Gasteiger charge is 2.44. The first-order chi connectivity index (χ1) is 18.0. The van der Waals surface area contributed by atoms with Crippen LogP contribution in [0.3, 0.4) is 0 Å². The fourth-order valence-corrected chi connectivity index (χ4v) is 6.53.